The third kappa shape index (κ3) is 3.82. The van der Waals surface area contributed by atoms with Gasteiger partial charge in [0.25, 0.3) is 0 Å². The zero-order chi connectivity index (χ0) is 13.8. The Morgan fingerprint density at radius 1 is 1.17 bits per heavy atom. The van der Waals surface area contributed by atoms with Gasteiger partial charge in [-0.3, -0.25) is 0 Å². The smallest absolute Gasteiger partial charge is 0.0381 e. The Kier molecular flexibility index (Phi) is 5.36. The van der Waals surface area contributed by atoms with Crippen LogP contribution in [0.2, 0.25) is 0 Å². The maximum atomic E-state index is 5.88. The molecule has 0 aliphatic rings. The molecule has 1 aromatic rings. The highest BCUT2D eigenvalue weighted by atomic mass is 14.9. The number of benzene rings is 1. The van der Waals surface area contributed by atoms with Crippen LogP contribution in [0, 0.1) is 11.3 Å². The van der Waals surface area contributed by atoms with E-state index in [-0.39, 0.29) is 5.41 Å². The topological polar surface area (TPSA) is 38.0 Å². The Hall–Kier alpha value is -0.860. The van der Waals surface area contributed by atoms with E-state index in [1.54, 1.807) is 0 Å². The fourth-order valence-corrected chi connectivity index (χ4v) is 2.44. The monoisotopic (exact) mass is 248 g/mol. The molecule has 102 valence electrons. The standard InChI is InChI=1S/C16H28N2/c1-12(2)10-13-6-8-14(9-7-13)15(18-5)16(3,4)11-17/h6-9,12,15,18H,10-11,17H2,1-5H3. The molecule has 0 spiro atoms. The molecule has 3 N–H and O–H groups in total. The fraction of sp³-hybridized carbons (Fsp3) is 0.625. The Labute approximate surface area is 112 Å². The van der Waals surface area contributed by atoms with Gasteiger partial charge in [0.05, 0.1) is 0 Å². The zero-order valence-electron chi connectivity index (χ0n) is 12.5. The molecule has 1 atom stereocenters. The SMILES string of the molecule is CNC(c1ccc(CC(C)C)cc1)C(C)(C)CN. The third-order valence-corrected chi connectivity index (χ3v) is 3.55. The maximum absolute atomic E-state index is 5.88. The summed E-state index contributed by atoms with van der Waals surface area (Å²) in [5.41, 5.74) is 8.67. The van der Waals surface area contributed by atoms with Gasteiger partial charge >= 0.3 is 0 Å². The first kappa shape index (κ1) is 15.2. The molecule has 0 aromatic heterocycles. The van der Waals surface area contributed by atoms with Crippen molar-refractivity contribution in [2.75, 3.05) is 13.6 Å². The minimum absolute atomic E-state index is 0.0638. The van der Waals surface area contributed by atoms with Crippen molar-refractivity contribution in [2.45, 2.75) is 40.2 Å². The molecule has 0 fully saturated rings. The van der Waals surface area contributed by atoms with Gasteiger partial charge < -0.3 is 11.1 Å². The van der Waals surface area contributed by atoms with Crippen LogP contribution in [0.3, 0.4) is 0 Å². The van der Waals surface area contributed by atoms with Crippen LogP contribution in [-0.4, -0.2) is 13.6 Å². The molecule has 0 aliphatic carbocycles. The van der Waals surface area contributed by atoms with Gasteiger partial charge in [0.1, 0.15) is 0 Å². The lowest BCUT2D eigenvalue weighted by Gasteiger charge is -2.33. The van der Waals surface area contributed by atoms with Gasteiger partial charge in [0, 0.05) is 6.04 Å². The van der Waals surface area contributed by atoms with Crippen molar-refractivity contribution in [3.05, 3.63) is 35.4 Å². The van der Waals surface area contributed by atoms with Gasteiger partial charge in [-0.1, -0.05) is 52.0 Å². The molecule has 1 aromatic carbocycles. The molecule has 0 heterocycles. The fourth-order valence-electron chi connectivity index (χ4n) is 2.44. The largest absolute Gasteiger partial charge is 0.330 e. The molecule has 0 aliphatic heterocycles. The summed E-state index contributed by atoms with van der Waals surface area (Å²) in [5.74, 6) is 0.705. The number of hydrogen-bond acceptors (Lipinski definition) is 2. The van der Waals surface area contributed by atoms with Crippen LogP contribution in [-0.2, 0) is 6.42 Å². The van der Waals surface area contributed by atoms with Gasteiger partial charge in [-0.2, -0.15) is 0 Å². The average molecular weight is 248 g/mol. The van der Waals surface area contributed by atoms with Crippen molar-refractivity contribution < 1.29 is 0 Å². The molecule has 0 bridgehead atoms. The number of hydrogen-bond donors (Lipinski definition) is 2. The van der Waals surface area contributed by atoms with E-state index in [4.69, 9.17) is 5.73 Å². The summed E-state index contributed by atoms with van der Waals surface area (Å²) in [6.07, 6.45) is 1.14. The first-order chi connectivity index (χ1) is 8.40. The molecule has 18 heavy (non-hydrogen) atoms. The molecule has 0 radical (unpaired) electrons. The molecular formula is C16H28N2. The predicted octanol–water partition coefficient (Wildman–Crippen LogP) is 3.13. The van der Waals surface area contributed by atoms with Crippen LogP contribution in [0.5, 0.6) is 0 Å². The summed E-state index contributed by atoms with van der Waals surface area (Å²) < 4.78 is 0. The second-order valence-corrected chi connectivity index (χ2v) is 6.25. The van der Waals surface area contributed by atoms with Crippen LogP contribution >= 0.6 is 0 Å². The Morgan fingerprint density at radius 3 is 2.11 bits per heavy atom. The highest BCUT2D eigenvalue weighted by molar-refractivity contribution is 5.26. The summed E-state index contributed by atoms with van der Waals surface area (Å²) in [4.78, 5) is 0. The van der Waals surface area contributed by atoms with Gasteiger partial charge in [0.2, 0.25) is 0 Å². The lowest BCUT2D eigenvalue weighted by atomic mass is 9.80. The summed E-state index contributed by atoms with van der Waals surface area (Å²) >= 11 is 0. The van der Waals surface area contributed by atoms with Gasteiger partial charge in [-0.15, -0.1) is 0 Å². The molecular weight excluding hydrogens is 220 g/mol. The lowest BCUT2D eigenvalue weighted by molar-refractivity contribution is 0.265. The van der Waals surface area contributed by atoms with Crippen molar-refractivity contribution >= 4 is 0 Å². The van der Waals surface area contributed by atoms with E-state index in [0.717, 1.165) is 6.42 Å². The van der Waals surface area contributed by atoms with Gasteiger partial charge in [0.15, 0.2) is 0 Å². The first-order valence-corrected chi connectivity index (χ1v) is 6.87. The first-order valence-electron chi connectivity index (χ1n) is 6.87. The quantitative estimate of drug-likeness (QED) is 0.811. The van der Waals surface area contributed by atoms with E-state index in [1.165, 1.54) is 11.1 Å². The van der Waals surface area contributed by atoms with Crippen molar-refractivity contribution in [1.82, 2.24) is 5.32 Å². The molecule has 1 unspecified atom stereocenters. The Balaban J connectivity index is 2.89. The van der Waals surface area contributed by atoms with Crippen molar-refractivity contribution in [3.8, 4) is 0 Å². The van der Waals surface area contributed by atoms with Crippen molar-refractivity contribution in [3.63, 3.8) is 0 Å². The zero-order valence-corrected chi connectivity index (χ0v) is 12.5. The van der Waals surface area contributed by atoms with Gasteiger partial charge in [-0.25, -0.2) is 0 Å². The molecule has 0 saturated carbocycles. The summed E-state index contributed by atoms with van der Waals surface area (Å²) in [7, 11) is 2.00. The summed E-state index contributed by atoms with van der Waals surface area (Å²) in [5, 5.41) is 3.39. The van der Waals surface area contributed by atoms with Crippen LogP contribution < -0.4 is 11.1 Å². The van der Waals surface area contributed by atoms with E-state index < -0.39 is 0 Å². The normalized spacial score (nSPS) is 13.9. The second-order valence-electron chi connectivity index (χ2n) is 6.25. The summed E-state index contributed by atoms with van der Waals surface area (Å²) in [6.45, 7) is 9.59. The third-order valence-electron chi connectivity index (χ3n) is 3.55. The van der Waals surface area contributed by atoms with Crippen LogP contribution in [0.1, 0.15) is 44.9 Å². The van der Waals surface area contributed by atoms with Gasteiger partial charge in [-0.05, 0) is 42.5 Å². The number of nitrogens with one attached hydrogen (secondary N) is 1. The molecule has 0 amide bonds. The molecule has 2 nitrogen and oxygen atoms in total. The van der Waals surface area contributed by atoms with E-state index >= 15 is 0 Å². The highest BCUT2D eigenvalue weighted by Crippen LogP contribution is 2.32. The molecule has 1 rings (SSSR count). The van der Waals surface area contributed by atoms with Crippen molar-refractivity contribution in [2.24, 2.45) is 17.1 Å². The Morgan fingerprint density at radius 2 is 1.72 bits per heavy atom. The molecule has 2 heteroatoms. The van der Waals surface area contributed by atoms with Crippen molar-refractivity contribution in [1.29, 1.82) is 0 Å². The minimum Gasteiger partial charge on any atom is -0.330 e. The van der Waals surface area contributed by atoms with Crippen LogP contribution in [0.25, 0.3) is 0 Å². The van der Waals surface area contributed by atoms with E-state index in [1.807, 2.05) is 7.05 Å². The minimum atomic E-state index is 0.0638. The predicted molar refractivity (Wildman–Crippen MR) is 79.6 cm³/mol. The summed E-state index contributed by atoms with van der Waals surface area (Å²) in [6, 6.07) is 9.25. The molecule has 0 saturated heterocycles. The maximum Gasteiger partial charge on any atom is 0.0381 e. The number of rotatable bonds is 6. The number of nitrogens with two attached hydrogens (primary N) is 1. The lowest BCUT2D eigenvalue weighted by Crippen LogP contribution is -2.37. The van der Waals surface area contributed by atoms with E-state index in [0.29, 0.717) is 18.5 Å². The Bertz CT molecular complexity index is 352. The van der Waals surface area contributed by atoms with Crippen LogP contribution in [0.4, 0.5) is 0 Å². The van der Waals surface area contributed by atoms with Crippen LogP contribution in [0.15, 0.2) is 24.3 Å². The average Bonchev–Trinajstić information content (AvgIpc) is 2.31. The second kappa shape index (κ2) is 6.35. The highest BCUT2D eigenvalue weighted by Gasteiger charge is 2.27. The van der Waals surface area contributed by atoms with E-state index in [2.05, 4.69) is 57.3 Å². The van der Waals surface area contributed by atoms with E-state index in [9.17, 15) is 0 Å².